The van der Waals surface area contributed by atoms with Gasteiger partial charge in [0.2, 0.25) is 0 Å². The van der Waals surface area contributed by atoms with E-state index in [0.717, 1.165) is 11.1 Å². The third kappa shape index (κ3) is 5.42. The third-order valence-corrected chi connectivity index (χ3v) is 9.40. The van der Waals surface area contributed by atoms with Gasteiger partial charge >= 0.3 is 0 Å². The molecule has 2 nitrogen and oxygen atoms in total. The average molecular weight is 490 g/mol. The predicted molar refractivity (Wildman–Crippen MR) is 153 cm³/mol. The van der Waals surface area contributed by atoms with Gasteiger partial charge in [-0.15, -0.1) is 0 Å². The summed E-state index contributed by atoms with van der Waals surface area (Å²) in [5.41, 5.74) is 2.00. The van der Waals surface area contributed by atoms with Crippen molar-refractivity contribution < 1.29 is 5.11 Å². The van der Waals surface area contributed by atoms with E-state index in [1.807, 2.05) is 48.5 Å². The minimum Gasteiger partial charge on any atom is -0.386 e. The van der Waals surface area contributed by atoms with Crippen LogP contribution >= 0.6 is 7.92 Å². The first-order valence-corrected chi connectivity index (χ1v) is 13.9. The lowest BCUT2D eigenvalue weighted by molar-refractivity contribution is 0.120. The number of rotatable bonds is 9. The van der Waals surface area contributed by atoms with E-state index in [-0.39, 0.29) is 18.0 Å². The Bertz CT molecular complexity index is 1250. The normalized spacial score (nSPS) is 17.5. The van der Waals surface area contributed by atoms with Crippen molar-refractivity contribution in [3.63, 3.8) is 0 Å². The van der Waals surface area contributed by atoms with Gasteiger partial charge < -0.3 is 10.4 Å². The summed E-state index contributed by atoms with van der Waals surface area (Å²) in [6, 6.07) is 41.8. The standard InChI is InChI=1S/C33H32NOP/c1-25(34-32(26-15-6-2-7-16-26)33(35)27-17-8-3-9-18-27)30-23-14-24-31(30)36(28-19-10-4-11-20-28)29-21-12-5-13-22-29/h2-25,30,32-35H,1H3/t25-,30+,32+,33+/m1/s1. The van der Waals surface area contributed by atoms with Gasteiger partial charge in [0.25, 0.3) is 0 Å². The van der Waals surface area contributed by atoms with E-state index < -0.39 is 14.0 Å². The van der Waals surface area contributed by atoms with E-state index in [2.05, 4.69) is 103 Å². The molecule has 0 radical (unpaired) electrons. The van der Waals surface area contributed by atoms with E-state index in [1.165, 1.54) is 15.9 Å². The molecule has 0 heterocycles. The second kappa shape index (κ2) is 11.6. The summed E-state index contributed by atoms with van der Waals surface area (Å²) in [6.45, 7) is 2.24. The van der Waals surface area contributed by atoms with Gasteiger partial charge in [-0.05, 0) is 41.9 Å². The summed E-state index contributed by atoms with van der Waals surface area (Å²) in [5.74, 6) is 0.228. The first kappa shape index (κ1) is 24.4. The molecule has 5 rings (SSSR count). The Hall–Kier alpha value is -3.29. The van der Waals surface area contributed by atoms with Crippen LogP contribution in [0.15, 0.2) is 145 Å². The molecule has 2 N–H and O–H groups in total. The van der Waals surface area contributed by atoms with Crippen molar-refractivity contribution >= 4 is 18.5 Å². The molecule has 0 bridgehead atoms. The average Bonchev–Trinajstić information content (AvgIpc) is 3.43. The highest BCUT2D eigenvalue weighted by Gasteiger charge is 2.32. The third-order valence-electron chi connectivity index (χ3n) is 6.81. The summed E-state index contributed by atoms with van der Waals surface area (Å²) in [7, 11) is -0.666. The quantitative estimate of drug-likeness (QED) is 0.258. The van der Waals surface area contributed by atoms with Crippen molar-refractivity contribution in [1.82, 2.24) is 5.32 Å². The van der Waals surface area contributed by atoms with Crippen LogP contribution in [0.25, 0.3) is 0 Å². The van der Waals surface area contributed by atoms with Crippen LogP contribution in [0.3, 0.4) is 0 Å². The van der Waals surface area contributed by atoms with Gasteiger partial charge in [0.1, 0.15) is 0 Å². The molecule has 0 saturated carbocycles. The second-order valence-electron chi connectivity index (χ2n) is 9.21. The molecular formula is C33H32NOP. The molecule has 3 heteroatoms. The van der Waals surface area contributed by atoms with Crippen molar-refractivity contribution in [3.8, 4) is 0 Å². The Morgan fingerprint density at radius 1 is 0.667 bits per heavy atom. The molecule has 36 heavy (non-hydrogen) atoms. The molecule has 4 atom stereocenters. The maximum absolute atomic E-state index is 11.5. The number of hydrogen-bond acceptors (Lipinski definition) is 2. The monoisotopic (exact) mass is 489 g/mol. The number of nitrogens with one attached hydrogen (secondary N) is 1. The van der Waals surface area contributed by atoms with Crippen LogP contribution in [-0.4, -0.2) is 11.1 Å². The maximum atomic E-state index is 11.5. The zero-order valence-electron chi connectivity index (χ0n) is 20.5. The van der Waals surface area contributed by atoms with E-state index >= 15 is 0 Å². The molecule has 0 fully saturated rings. The largest absolute Gasteiger partial charge is 0.386 e. The maximum Gasteiger partial charge on any atom is 0.0984 e. The number of benzene rings is 4. The van der Waals surface area contributed by atoms with E-state index in [0.29, 0.717) is 0 Å². The van der Waals surface area contributed by atoms with Crippen molar-refractivity contribution in [2.45, 2.75) is 25.1 Å². The van der Waals surface area contributed by atoms with Crippen LogP contribution in [0.5, 0.6) is 0 Å². The summed E-state index contributed by atoms with van der Waals surface area (Å²) < 4.78 is 0. The molecule has 0 amide bonds. The van der Waals surface area contributed by atoms with Gasteiger partial charge in [0, 0.05) is 12.0 Å². The highest BCUT2D eigenvalue weighted by atomic mass is 31.1. The fourth-order valence-corrected chi connectivity index (χ4v) is 7.67. The van der Waals surface area contributed by atoms with Gasteiger partial charge in [0.15, 0.2) is 0 Å². The van der Waals surface area contributed by atoms with Crippen molar-refractivity contribution in [2.24, 2.45) is 5.92 Å². The Labute approximate surface area is 215 Å². The zero-order valence-corrected chi connectivity index (χ0v) is 21.4. The topological polar surface area (TPSA) is 32.3 Å². The predicted octanol–water partition coefficient (Wildman–Crippen LogP) is 6.64. The van der Waals surface area contributed by atoms with E-state index in [9.17, 15) is 5.11 Å². The lowest BCUT2D eigenvalue weighted by Crippen LogP contribution is -2.39. The van der Waals surface area contributed by atoms with Crippen LogP contribution < -0.4 is 15.9 Å². The number of aliphatic hydroxyl groups is 1. The molecule has 1 aliphatic carbocycles. The molecular weight excluding hydrogens is 457 g/mol. The van der Waals surface area contributed by atoms with E-state index in [1.54, 1.807) is 0 Å². The molecule has 4 aromatic carbocycles. The molecule has 4 aromatic rings. The second-order valence-corrected chi connectivity index (χ2v) is 11.4. The van der Waals surface area contributed by atoms with Crippen molar-refractivity contribution in [1.29, 1.82) is 0 Å². The minimum absolute atomic E-state index is 0.121. The van der Waals surface area contributed by atoms with Crippen LogP contribution in [0.4, 0.5) is 0 Å². The lowest BCUT2D eigenvalue weighted by atomic mass is 9.93. The van der Waals surface area contributed by atoms with Crippen LogP contribution in [0.2, 0.25) is 0 Å². The molecule has 0 aromatic heterocycles. The van der Waals surface area contributed by atoms with Gasteiger partial charge in [-0.1, -0.05) is 140 Å². The summed E-state index contributed by atoms with van der Waals surface area (Å²) in [4.78, 5) is 0. The van der Waals surface area contributed by atoms with Crippen LogP contribution in [-0.2, 0) is 0 Å². The molecule has 0 spiro atoms. The fourth-order valence-electron chi connectivity index (χ4n) is 4.99. The van der Waals surface area contributed by atoms with Crippen LogP contribution in [0, 0.1) is 5.92 Å². The van der Waals surface area contributed by atoms with Crippen LogP contribution in [0.1, 0.15) is 30.2 Å². The SMILES string of the molecule is C[C@@H](N[C@@H](c1ccccc1)[C@@H](O)c1ccccc1)[C@@H]1C=CC=C1P(c1ccccc1)c1ccccc1. The van der Waals surface area contributed by atoms with E-state index in [4.69, 9.17) is 0 Å². The first-order valence-electron chi connectivity index (χ1n) is 12.5. The molecule has 0 aliphatic heterocycles. The Morgan fingerprint density at radius 2 is 1.14 bits per heavy atom. The molecule has 180 valence electrons. The number of allylic oxidation sites excluding steroid dienone is 2. The first-order chi connectivity index (χ1) is 17.7. The Balaban J connectivity index is 1.45. The van der Waals surface area contributed by atoms with Gasteiger partial charge in [-0.2, -0.15) is 0 Å². The Morgan fingerprint density at radius 3 is 1.67 bits per heavy atom. The number of aliphatic hydroxyl groups excluding tert-OH is 1. The highest BCUT2D eigenvalue weighted by Crippen LogP contribution is 2.50. The number of hydrogen-bond donors (Lipinski definition) is 2. The molecule has 0 saturated heterocycles. The van der Waals surface area contributed by atoms with Gasteiger partial charge in [-0.3, -0.25) is 0 Å². The van der Waals surface area contributed by atoms with Crippen molar-refractivity contribution in [2.75, 3.05) is 0 Å². The summed E-state index contributed by atoms with van der Waals surface area (Å²) >= 11 is 0. The minimum atomic E-state index is -0.666. The van der Waals surface area contributed by atoms with Crippen molar-refractivity contribution in [3.05, 3.63) is 156 Å². The smallest absolute Gasteiger partial charge is 0.0984 e. The fraction of sp³-hybridized carbons (Fsp3) is 0.152. The lowest BCUT2D eigenvalue weighted by Gasteiger charge is -2.34. The Kier molecular flexibility index (Phi) is 7.88. The summed E-state index contributed by atoms with van der Waals surface area (Å²) in [6.07, 6.45) is 6.16. The summed E-state index contributed by atoms with van der Waals surface area (Å²) in [5, 5.41) is 19.4. The zero-order chi connectivity index (χ0) is 24.7. The highest BCUT2D eigenvalue weighted by molar-refractivity contribution is 7.76. The van der Waals surface area contributed by atoms with Gasteiger partial charge in [0.05, 0.1) is 12.1 Å². The van der Waals surface area contributed by atoms with Gasteiger partial charge in [-0.25, -0.2) is 0 Å². The molecule has 1 aliphatic rings. The molecule has 0 unspecified atom stereocenters.